The molecule has 0 aliphatic rings. The molecular formula is C5H4NO. The van der Waals surface area contributed by atoms with Gasteiger partial charge in [0.25, 0.3) is 0 Å². The van der Waals surface area contributed by atoms with Crippen molar-refractivity contribution in [3.8, 4) is 5.75 Å². The van der Waals surface area contributed by atoms with E-state index in [9.17, 15) is 0 Å². The van der Waals surface area contributed by atoms with Crippen molar-refractivity contribution in [2.45, 2.75) is 0 Å². The van der Waals surface area contributed by atoms with Crippen LogP contribution in [0.3, 0.4) is 0 Å². The van der Waals surface area contributed by atoms with Crippen molar-refractivity contribution in [1.82, 2.24) is 4.98 Å². The molecule has 0 aliphatic carbocycles. The lowest BCUT2D eigenvalue weighted by Gasteiger charge is -1.81. The van der Waals surface area contributed by atoms with Crippen LogP contribution in [0.15, 0.2) is 18.3 Å². The summed E-state index contributed by atoms with van der Waals surface area (Å²) in [6, 6.07) is 3.07. The summed E-state index contributed by atoms with van der Waals surface area (Å²) < 4.78 is 0. The fourth-order valence-corrected chi connectivity index (χ4v) is 0.312. The molecule has 1 rings (SSSR count). The minimum absolute atomic E-state index is 0.179. The number of nitrogens with zero attached hydrogens (tertiary/aromatic N) is 1. The van der Waals surface area contributed by atoms with Gasteiger partial charge < -0.3 is 5.11 Å². The molecule has 1 N–H and O–H groups in total. The molecule has 0 saturated heterocycles. The predicted molar refractivity (Wildman–Crippen MR) is 24.7 cm³/mol. The highest BCUT2D eigenvalue weighted by atomic mass is 16.3. The minimum atomic E-state index is 0.179. The van der Waals surface area contributed by atoms with Crippen molar-refractivity contribution in [2.24, 2.45) is 0 Å². The topological polar surface area (TPSA) is 33.1 Å². The summed E-state index contributed by atoms with van der Waals surface area (Å²) in [6.45, 7) is 0. The monoisotopic (exact) mass is 94.0 g/mol. The fraction of sp³-hybridized carbons (Fsp3) is 0. The van der Waals surface area contributed by atoms with Gasteiger partial charge in [0.05, 0.1) is 12.4 Å². The molecule has 1 heterocycles. The molecule has 0 atom stereocenters. The molecule has 7 heavy (non-hydrogen) atoms. The first kappa shape index (κ1) is 4.12. The summed E-state index contributed by atoms with van der Waals surface area (Å²) >= 11 is 0. The van der Waals surface area contributed by atoms with E-state index in [-0.39, 0.29) is 5.75 Å². The standard InChI is InChI=1S/C5H4NO/c7-5-2-1-3-6-4-5/h1-2,4,7H. The van der Waals surface area contributed by atoms with Crippen LogP contribution in [0.5, 0.6) is 5.75 Å². The van der Waals surface area contributed by atoms with E-state index in [0.29, 0.717) is 0 Å². The van der Waals surface area contributed by atoms with E-state index in [4.69, 9.17) is 5.11 Å². The van der Waals surface area contributed by atoms with Crippen molar-refractivity contribution < 1.29 is 5.11 Å². The molecule has 0 saturated carbocycles. The van der Waals surface area contributed by atoms with Crippen molar-refractivity contribution >= 4 is 0 Å². The van der Waals surface area contributed by atoms with Crippen molar-refractivity contribution in [3.63, 3.8) is 0 Å². The highest BCUT2D eigenvalue weighted by Crippen LogP contribution is 1.99. The Kier molecular flexibility index (Phi) is 0.941. The van der Waals surface area contributed by atoms with Gasteiger partial charge in [-0.25, -0.2) is 0 Å². The van der Waals surface area contributed by atoms with Crippen LogP contribution in [0.25, 0.3) is 0 Å². The summed E-state index contributed by atoms with van der Waals surface area (Å²) in [5, 5.41) is 8.55. The highest BCUT2D eigenvalue weighted by Gasteiger charge is 1.76. The van der Waals surface area contributed by atoms with Crippen molar-refractivity contribution in [2.75, 3.05) is 0 Å². The number of hydrogen-bond acceptors (Lipinski definition) is 2. The maximum absolute atomic E-state index is 8.55. The highest BCUT2D eigenvalue weighted by molar-refractivity contribution is 5.11. The Labute approximate surface area is 41.4 Å². The maximum Gasteiger partial charge on any atom is 0.133 e. The SMILES string of the molecule is Oc1cc[c]nc1. The van der Waals surface area contributed by atoms with Crippen molar-refractivity contribution in [3.05, 3.63) is 24.5 Å². The van der Waals surface area contributed by atoms with E-state index >= 15 is 0 Å². The lowest BCUT2D eigenvalue weighted by atomic mass is 10.5. The number of pyridine rings is 1. The fourth-order valence-electron chi connectivity index (χ4n) is 0.312. The second-order valence-corrected chi connectivity index (χ2v) is 1.15. The van der Waals surface area contributed by atoms with Gasteiger partial charge in [-0.3, -0.25) is 4.98 Å². The van der Waals surface area contributed by atoms with Crippen molar-refractivity contribution in [1.29, 1.82) is 0 Å². The van der Waals surface area contributed by atoms with E-state index in [1.807, 2.05) is 0 Å². The van der Waals surface area contributed by atoms with E-state index in [1.54, 1.807) is 6.07 Å². The number of rotatable bonds is 0. The van der Waals surface area contributed by atoms with Gasteiger partial charge in [0.15, 0.2) is 0 Å². The molecular weight excluding hydrogens is 90.1 g/mol. The Hall–Kier alpha value is -1.05. The lowest BCUT2D eigenvalue weighted by molar-refractivity contribution is 0.472. The van der Waals surface area contributed by atoms with Crippen LogP contribution >= 0.6 is 0 Å². The zero-order valence-corrected chi connectivity index (χ0v) is 3.63. The molecule has 0 unspecified atom stereocenters. The third-order valence-electron chi connectivity index (χ3n) is 0.600. The summed E-state index contributed by atoms with van der Waals surface area (Å²) in [4.78, 5) is 3.51. The van der Waals surface area contributed by atoms with Crippen LogP contribution in [-0.4, -0.2) is 10.1 Å². The quantitative estimate of drug-likeness (QED) is 0.510. The molecule has 0 bridgehead atoms. The van der Waals surface area contributed by atoms with E-state index in [0.717, 1.165) is 0 Å². The average Bonchev–Trinajstić information content (AvgIpc) is 1.69. The zero-order chi connectivity index (χ0) is 5.11. The Morgan fingerprint density at radius 2 is 2.57 bits per heavy atom. The first-order valence-electron chi connectivity index (χ1n) is 1.90. The van der Waals surface area contributed by atoms with Crippen LogP contribution < -0.4 is 0 Å². The molecule has 1 radical (unpaired) electrons. The lowest BCUT2D eigenvalue weighted by Crippen LogP contribution is -1.65. The molecule has 2 heteroatoms. The first-order valence-corrected chi connectivity index (χ1v) is 1.90. The molecule has 0 amide bonds. The van der Waals surface area contributed by atoms with Gasteiger partial charge >= 0.3 is 0 Å². The first-order chi connectivity index (χ1) is 3.39. The van der Waals surface area contributed by atoms with Gasteiger partial charge in [0, 0.05) is 0 Å². The third kappa shape index (κ3) is 0.892. The Balaban J connectivity index is 3.02. The van der Waals surface area contributed by atoms with Gasteiger partial charge in [-0.2, -0.15) is 0 Å². The van der Waals surface area contributed by atoms with Gasteiger partial charge in [-0.1, -0.05) is 0 Å². The average molecular weight is 94.1 g/mol. The molecule has 0 aliphatic heterocycles. The predicted octanol–water partition coefficient (Wildman–Crippen LogP) is 0.587. The summed E-state index contributed by atoms with van der Waals surface area (Å²) in [6.07, 6.45) is 3.86. The molecule has 0 fully saturated rings. The third-order valence-corrected chi connectivity index (χ3v) is 0.600. The van der Waals surface area contributed by atoms with E-state index < -0.39 is 0 Å². The Bertz CT molecular complexity index is 138. The van der Waals surface area contributed by atoms with Crippen LogP contribution in [0, 0.1) is 6.20 Å². The van der Waals surface area contributed by atoms with Crippen LogP contribution in [0.2, 0.25) is 0 Å². The largest absolute Gasteiger partial charge is 0.506 e. The smallest absolute Gasteiger partial charge is 0.133 e. The van der Waals surface area contributed by atoms with E-state index in [1.165, 1.54) is 12.3 Å². The van der Waals surface area contributed by atoms with Crippen LogP contribution in [0.1, 0.15) is 0 Å². The van der Waals surface area contributed by atoms with Crippen LogP contribution in [-0.2, 0) is 0 Å². The Morgan fingerprint density at radius 3 is 2.86 bits per heavy atom. The summed E-state index contributed by atoms with van der Waals surface area (Å²) in [7, 11) is 0. The number of aromatic nitrogens is 1. The summed E-state index contributed by atoms with van der Waals surface area (Å²) in [5.41, 5.74) is 0. The Morgan fingerprint density at radius 1 is 1.71 bits per heavy atom. The number of hydrogen-bond donors (Lipinski definition) is 1. The second kappa shape index (κ2) is 1.60. The second-order valence-electron chi connectivity index (χ2n) is 1.15. The van der Waals surface area contributed by atoms with Crippen LogP contribution in [0.4, 0.5) is 0 Å². The minimum Gasteiger partial charge on any atom is -0.506 e. The summed E-state index contributed by atoms with van der Waals surface area (Å²) in [5.74, 6) is 0.179. The van der Waals surface area contributed by atoms with Gasteiger partial charge in [-0.15, -0.1) is 0 Å². The number of aromatic hydroxyl groups is 1. The van der Waals surface area contributed by atoms with Gasteiger partial charge in [-0.05, 0) is 12.1 Å². The molecule has 0 spiro atoms. The van der Waals surface area contributed by atoms with Gasteiger partial charge in [0.2, 0.25) is 0 Å². The molecule has 35 valence electrons. The molecule has 2 nitrogen and oxygen atoms in total. The molecule has 1 aromatic heterocycles. The molecule has 1 aromatic rings. The normalized spacial score (nSPS) is 8.57. The zero-order valence-electron chi connectivity index (χ0n) is 3.63. The molecule has 0 aromatic carbocycles. The van der Waals surface area contributed by atoms with Gasteiger partial charge in [0.1, 0.15) is 5.75 Å². The van der Waals surface area contributed by atoms with E-state index in [2.05, 4.69) is 11.2 Å². The maximum atomic E-state index is 8.55.